The van der Waals surface area contributed by atoms with Crippen LogP contribution in [0.5, 0.6) is 11.5 Å². The predicted octanol–water partition coefficient (Wildman–Crippen LogP) is 3.09. The van der Waals surface area contributed by atoms with Crippen LogP contribution < -0.4 is 9.47 Å². The zero-order valence-electron chi connectivity index (χ0n) is 10.8. The minimum absolute atomic E-state index is 0.0319. The molecule has 0 amide bonds. The van der Waals surface area contributed by atoms with Crippen LogP contribution in [0.25, 0.3) is 0 Å². The quantitative estimate of drug-likeness (QED) is 0.914. The maximum absolute atomic E-state index is 13.0. The van der Waals surface area contributed by atoms with Gasteiger partial charge in [0.2, 0.25) is 0 Å². The summed E-state index contributed by atoms with van der Waals surface area (Å²) in [6.07, 6.45) is -0.920. The van der Waals surface area contributed by atoms with Crippen LogP contribution in [0.2, 0.25) is 0 Å². The fraction of sp³-hybridized carbons (Fsp3) is 0.200. The average molecular weight is 280 g/mol. The third-order valence-electron chi connectivity index (χ3n) is 2.72. The molecule has 0 aliphatic carbocycles. The molecule has 1 atom stereocenters. The summed E-state index contributed by atoms with van der Waals surface area (Å²) in [6.45, 7) is -0.115. The molecule has 1 N–H and O–H groups in total. The van der Waals surface area contributed by atoms with Gasteiger partial charge in [-0.05, 0) is 17.7 Å². The summed E-state index contributed by atoms with van der Waals surface area (Å²) < 4.78 is 36.2. The summed E-state index contributed by atoms with van der Waals surface area (Å²) in [7, 11) is 1.53. The monoisotopic (exact) mass is 280 g/mol. The van der Waals surface area contributed by atoms with E-state index in [9.17, 15) is 13.9 Å². The summed E-state index contributed by atoms with van der Waals surface area (Å²) in [5, 5.41) is 9.97. The Hall–Kier alpha value is -2.14. The van der Waals surface area contributed by atoms with Crippen LogP contribution in [-0.4, -0.2) is 18.8 Å². The Kier molecular flexibility index (Phi) is 4.53. The molecule has 0 bridgehead atoms. The Balaban J connectivity index is 2.02. The van der Waals surface area contributed by atoms with E-state index in [2.05, 4.69) is 0 Å². The molecule has 0 aromatic heterocycles. The molecule has 0 heterocycles. The van der Waals surface area contributed by atoms with Gasteiger partial charge in [0.1, 0.15) is 35.8 Å². The molecule has 2 rings (SSSR count). The first kappa shape index (κ1) is 14.3. The van der Waals surface area contributed by atoms with Crippen LogP contribution in [0.1, 0.15) is 11.7 Å². The molecule has 0 spiro atoms. The largest absolute Gasteiger partial charge is 0.497 e. The smallest absolute Gasteiger partial charge is 0.129 e. The van der Waals surface area contributed by atoms with Crippen molar-refractivity contribution in [3.8, 4) is 11.5 Å². The number of aliphatic hydroxyl groups excluding tert-OH is 1. The molecule has 20 heavy (non-hydrogen) atoms. The Labute approximate surface area is 115 Å². The van der Waals surface area contributed by atoms with Crippen molar-refractivity contribution >= 4 is 0 Å². The maximum Gasteiger partial charge on any atom is 0.129 e. The van der Waals surface area contributed by atoms with E-state index in [1.54, 1.807) is 24.3 Å². The second kappa shape index (κ2) is 6.34. The van der Waals surface area contributed by atoms with E-state index in [0.29, 0.717) is 11.3 Å². The van der Waals surface area contributed by atoms with Crippen molar-refractivity contribution in [3.63, 3.8) is 0 Å². The molecule has 106 valence electrons. The van der Waals surface area contributed by atoms with Crippen LogP contribution in [0.4, 0.5) is 8.78 Å². The molecule has 0 radical (unpaired) electrons. The van der Waals surface area contributed by atoms with E-state index >= 15 is 0 Å². The van der Waals surface area contributed by atoms with Crippen molar-refractivity contribution in [2.75, 3.05) is 13.7 Å². The standard InChI is InChI=1S/C15H14F2O3/c1-19-13-4-2-3-10(5-13)15(18)9-20-14-7-11(16)6-12(17)8-14/h2-8,15,18H,9H2,1H3. The first-order valence-corrected chi connectivity index (χ1v) is 5.99. The van der Waals surface area contributed by atoms with Gasteiger partial charge in [-0.1, -0.05) is 12.1 Å². The Bertz CT molecular complexity index is 567. The zero-order chi connectivity index (χ0) is 14.5. The number of aliphatic hydroxyl groups is 1. The number of hydrogen-bond donors (Lipinski definition) is 1. The summed E-state index contributed by atoms with van der Waals surface area (Å²) in [6, 6.07) is 9.73. The average Bonchev–Trinajstić information content (AvgIpc) is 2.44. The number of hydrogen-bond acceptors (Lipinski definition) is 3. The van der Waals surface area contributed by atoms with Crippen LogP contribution in [0.15, 0.2) is 42.5 Å². The van der Waals surface area contributed by atoms with Gasteiger partial charge < -0.3 is 14.6 Å². The Morgan fingerprint density at radius 1 is 1.05 bits per heavy atom. The molecule has 0 fully saturated rings. The van der Waals surface area contributed by atoms with E-state index < -0.39 is 17.7 Å². The fourth-order valence-corrected chi connectivity index (χ4v) is 1.73. The molecule has 2 aromatic rings. The first-order chi connectivity index (χ1) is 9.58. The van der Waals surface area contributed by atoms with Crippen molar-refractivity contribution < 1.29 is 23.4 Å². The first-order valence-electron chi connectivity index (χ1n) is 5.99. The van der Waals surface area contributed by atoms with Gasteiger partial charge in [0.05, 0.1) is 7.11 Å². The lowest BCUT2D eigenvalue weighted by Crippen LogP contribution is -2.10. The number of benzene rings is 2. The van der Waals surface area contributed by atoms with Crippen LogP contribution >= 0.6 is 0 Å². The van der Waals surface area contributed by atoms with Crippen LogP contribution in [0.3, 0.4) is 0 Å². The molecule has 5 heteroatoms. The molecule has 0 saturated carbocycles. The number of methoxy groups -OCH3 is 1. The van der Waals surface area contributed by atoms with Gasteiger partial charge in [-0.3, -0.25) is 0 Å². The highest BCUT2D eigenvalue weighted by atomic mass is 19.1. The molecule has 1 unspecified atom stereocenters. The summed E-state index contributed by atoms with van der Waals surface area (Å²) >= 11 is 0. The highest BCUT2D eigenvalue weighted by molar-refractivity contribution is 5.30. The van der Waals surface area contributed by atoms with Crippen molar-refractivity contribution in [1.29, 1.82) is 0 Å². The molecule has 2 aromatic carbocycles. The molecule has 0 aliphatic rings. The van der Waals surface area contributed by atoms with Crippen molar-refractivity contribution in [1.82, 2.24) is 0 Å². The zero-order valence-corrected chi connectivity index (χ0v) is 10.8. The van der Waals surface area contributed by atoms with Gasteiger partial charge in [0.25, 0.3) is 0 Å². The van der Waals surface area contributed by atoms with Crippen LogP contribution in [0, 0.1) is 11.6 Å². The molecule has 0 aliphatic heterocycles. The minimum atomic E-state index is -0.920. The van der Waals surface area contributed by atoms with Gasteiger partial charge in [-0.15, -0.1) is 0 Å². The van der Waals surface area contributed by atoms with Crippen molar-refractivity contribution in [2.24, 2.45) is 0 Å². The Morgan fingerprint density at radius 2 is 1.75 bits per heavy atom. The van der Waals surface area contributed by atoms with Gasteiger partial charge in [0, 0.05) is 18.2 Å². The van der Waals surface area contributed by atoms with E-state index in [0.717, 1.165) is 18.2 Å². The van der Waals surface area contributed by atoms with E-state index in [-0.39, 0.29) is 12.4 Å². The predicted molar refractivity (Wildman–Crippen MR) is 69.8 cm³/mol. The number of ether oxygens (including phenoxy) is 2. The highest BCUT2D eigenvalue weighted by Crippen LogP contribution is 2.21. The van der Waals surface area contributed by atoms with Crippen molar-refractivity contribution in [3.05, 3.63) is 59.7 Å². The molecule has 0 saturated heterocycles. The second-order valence-corrected chi connectivity index (χ2v) is 4.21. The van der Waals surface area contributed by atoms with Crippen LogP contribution in [-0.2, 0) is 0 Å². The van der Waals surface area contributed by atoms with E-state index in [1.165, 1.54) is 7.11 Å². The normalized spacial score (nSPS) is 12.0. The minimum Gasteiger partial charge on any atom is -0.497 e. The van der Waals surface area contributed by atoms with Gasteiger partial charge in [-0.25, -0.2) is 8.78 Å². The molecular weight excluding hydrogens is 266 g/mol. The third kappa shape index (κ3) is 3.68. The van der Waals surface area contributed by atoms with E-state index in [4.69, 9.17) is 9.47 Å². The summed E-state index contributed by atoms with van der Waals surface area (Å²) in [5.41, 5.74) is 0.598. The lowest BCUT2D eigenvalue weighted by molar-refractivity contribution is 0.107. The maximum atomic E-state index is 13.0. The number of rotatable bonds is 5. The summed E-state index contributed by atoms with van der Waals surface area (Å²) in [4.78, 5) is 0. The fourth-order valence-electron chi connectivity index (χ4n) is 1.73. The van der Waals surface area contributed by atoms with E-state index in [1.807, 2.05) is 0 Å². The van der Waals surface area contributed by atoms with Crippen molar-refractivity contribution in [2.45, 2.75) is 6.10 Å². The molecule has 3 nitrogen and oxygen atoms in total. The molecular formula is C15H14F2O3. The lowest BCUT2D eigenvalue weighted by Gasteiger charge is -2.13. The highest BCUT2D eigenvalue weighted by Gasteiger charge is 2.10. The van der Waals surface area contributed by atoms with Gasteiger partial charge >= 0.3 is 0 Å². The van der Waals surface area contributed by atoms with Gasteiger partial charge in [0.15, 0.2) is 0 Å². The SMILES string of the molecule is COc1cccc(C(O)COc2cc(F)cc(F)c2)c1. The Morgan fingerprint density at radius 3 is 2.40 bits per heavy atom. The van der Waals surface area contributed by atoms with Gasteiger partial charge in [-0.2, -0.15) is 0 Å². The second-order valence-electron chi connectivity index (χ2n) is 4.21. The number of halogens is 2. The lowest BCUT2D eigenvalue weighted by atomic mass is 10.1. The topological polar surface area (TPSA) is 38.7 Å². The summed E-state index contributed by atoms with van der Waals surface area (Å²) in [5.74, 6) is -0.811. The third-order valence-corrected chi connectivity index (χ3v) is 2.72.